The number of phenolic OH excluding ortho intramolecular Hbond substituents is 1. The molecule has 17 nitrogen and oxygen atoms in total. The zero-order chi connectivity index (χ0) is 39.0. The summed E-state index contributed by atoms with van der Waals surface area (Å²) in [6.07, 6.45) is 0.865. The highest BCUT2D eigenvalue weighted by molar-refractivity contribution is 5.91. The minimum atomic E-state index is -1.34. The number of benzene rings is 2. The van der Waals surface area contributed by atoms with E-state index >= 15 is 0 Å². The van der Waals surface area contributed by atoms with Crippen molar-refractivity contribution in [3.8, 4) is 5.75 Å². The topological polar surface area (TPSA) is 261 Å². The maximum Gasteiger partial charge on any atom is 0.327 e. The number of amides is 3. The molecule has 0 heterocycles. The van der Waals surface area contributed by atoms with Crippen LogP contribution in [0.2, 0.25) is 0 Å². The van der Waals surface area contributed by atoms with Gasteiger partial charge in [0.2, 0.25) is 17.7 Å². The number of nitro groups is 1. The van der Waals surface area contributed by atoms with Gasteiger partial charge in [-0.15, -0.1) is 0 Å². The maximum absolute atomic E-state index is 13.2. The van der Waals surface area contributed by atoms with Crippen molar-refractivity contribution >= 4 is 41.0 Å². The number of carbonyl (C=O) groups is 5. The van der Waals surface area contributed by atoms with Gasteiger partial charge in [0.05, 0.1) is 11.3 Å². The summed E-state index contributed by atoms with van der Waals surface area (Å²) in [5.74, 6) is -4.15. The average molecular weight is 728 g/mol. The smallest absolute Gasteiger partial charge is 0.327 e. The molecule has 0 fully saturated rings. The molecule has 9 N–H and O–H groups in total. The fraction of sp³-hybridized carbons (Fsp3) is 0.457. The highest BCUT2D eigenvalue weighted by atomic mass is 16.6. The Bertz CT molecular complexity index is 1570. The van der Waals surface area contributed by atoms with Crippen molar-refractivity contribution in [1.82, 2.24) is 21.3 Å². The van der Waals surface area contributed by atoms with Crippen LogP contribution in [-0.2, 0) is 30.4 Å². The van der Waals surface area contributed by atoms with E-state index in [1.165, 1.54) is 24.3 Å². The third kappa shape index (κ3) is 16.8. The van der Waals surface area contributed by atoms with Gasteiger partial charge in [-0.05, 0) is 72.7 Å². The first-order chi connectivity index (χ1) is 24.3. The Balaban J connectivity index is 1.97. The standard InChI is InChI=1S/C35H49N7O10/c1-21(2)16-27(32(46)41-26(33(47)48)14-15-36-19-28(34(49)50)40-31(45)18-35(3,4)5)39-30(44)17-22-6-8-23(9-7-22)37-29(20-42(51)52)38-24-10-12-25(43)13-11-24/h6-13,20-21,26-28,36-38,43H,14-19H2,1-5H3,(H,39,44)(H,40,45)(H,41,46)(H,47,48)(H,49,50). The second-order valence-corrected chi connectivity index (χ2v) is 13.8. The molecule has 0 aliphatic heterocycles. The van der Waals surface area contributed by atoms with Crippen molar-refractivity contribution in [2.75, 3.05) is 23.7 Å². The fourth-order valence-corrected chi connectivity index (χ4v) is 4.85. The molecule has 2 rings (SSSR count). The summed E-state index contributed by atoms with van der Waals surface area (Å²) in [6, 6.07) is 8.77. The molecule has 52 heavy (non-hydrogen) atoms. The number of nitrogens with one attached hydrogen (secondary N) is 6. The average Bonchev–Trinajstić information content (AvgIpc) is 3.01. The number of hydrogen-bond acceptors (Lipinski definition) is 11. The van der Waals surface area contributed by atoms with Crippen molar-refractivity contribution in [1.29, 1.82) is 0 Å². The van der Waals surface area contributed by atoms with Gasteiger partial charge in [0.25, 0.3) is 6.20 Å². The van der Waals surface area contributed by atoms with Gasteiger partial charge in [0.15, 0.2) is 5.82 Å². The zero-order valence-electron chi connectivity index (χ0n) is 29.9. The summed E-state index contributed by atoms with van der Waals surface area (Å²) in [7, 11) is 0. The number of carbonyl (C=O) groups excluding carboxylic acids is 3. The molecule has 0 saturated heterocycles. The Morgan fingerprint density at radius 2 is 1.35 bits per heavy atom. The van der Waals surface area contributed by atoms with E-state index in [4.69, 9.17) is 0 Å². The molecule has 0 saturated carbocycles. The minimum Gasteiger partial charge on any atom is -0.508 e. The number of rotatable bonds is 21. The summed E-state index contributed by atoms with van der Waals surface area (Å²) in [5, 5.41) is 56.0. The number of carboxylic acid groups (broad SMARTS) is 2. The molecule has 17 heteroatoms. The van der Waals surface area contributed by atoms with E-state index < -0.39 is 52.7 Å². The van der Waals surface area contributed by atoms with Crippen LogP contribution in [0.5, 0.6) is 5.75 Å². The molecule has 3 atom stereocenters. The molecule has 2 aromatic carbocycles. The molecule has 284 valence electrons. The molecule has 0 radical (unpaired) electrons. The van der Waals surface area contributed by atoms with E-state index in [1.54, 1.807) is 24.3 Å². The zero-order valence-corrected chi connectivity index (χ0v) is 29.9. The van der Waals surface area contributed by atoms with Gasteiger partial charge in [-0.25, -0.2) is 9.59 Å². The van der Waals surface area contributed by atoms with E-state index in [9.17, 15) is 49.4 Å². The monoisotopic (exact) mass is 727 g/mol. The number of nitrogens with zero attached hydrogens (tertiary/aromatic N) is 1. The number of aliphatic carboxylic acids is 2. The van der Waals surface area contributed by atoms with Crippen LogP contribution in [0.25, 0.3) is 0 Å². The van der Waals surface area contributed by atoms with Crippen LogP contribution in [0.4, 0.5) is 11.4 Å². The number of phenols is 1. The fourth-order valence-electron chi connectivity index (χ4n) is 4.85. The molecule has 0 aliphatic rings. The summed E-state index contributed by atoms with van der Waals surface area (Å²) in [4.78, 5) is 72.5. The Kier molecular flexibility index (Phi) is 16.5. The summed E-state index contributed by atoms with van der Waals surface area (Å²) < 4.78 is 0. The molecule has 0 bridgehead atoms. The third-order valence-corrected chi connectivity index (χ3v) is 7.23. The first-order valence-corrected chi connectivity index (χ1v) is 16.6. The van der Waals surface area contributed by atoms with E-state index in [0.717, 1.165) is 6.20 Å². The molecule has 0 spiro atoms. The normalized spacial score (nSPS) is 13.3. The largest absolute Gasteiger partial charge is 0.508 e. The summed E-state index contributed by atoms with van der Waals surface area (Å²) >= 11 is 0. The molecule has 2 aromatic rings. The van der Waals surface area contributed by atoms with Crippen molar-refractivity contribution in [3.63, 3.8) is 0 Å². The van der Waals surface area contributed by atoms with Crippen LogP contribution in [0.3, 0.4) is 0 Å². The lowest BCUT2D eigenvalue weighted by Gasteiger charge is -2.23. The predicted molar refractivity (Wildman–Crippen MR) is 193 cm³/mol. The van der Waals surface area contributed by atoms with Crippen LogP contribution in [0.1, 0.15) is 59.4 Å². The van der Waals surface area contributed by atoms with E-state index in [2.05, 4.69) is 31.9 Å². The Morgan fingerprint density at radius 1 is 0.808 bits per heavy atom. The van der Waals surface area contributed by atoms with E-state index in [1.807, 2.05) is 34.6 Å². The highest BCUT2D eigenvalue weighted by Gasteiger charge is 2.28. The van der Waals surface area contributed by atoms with Crippen molar-refractivity contribution in [2.45, 2.75) is 78.4 Å². The summed E-state index contributed by atoms with van der Waals surface area (Å²) in [5.41, 5.74) is 1.19. The molecule has 3 unspecified atom stereocenters. The predicted octanol–water partition coefficient (Wildman–Crippen LogP) is 2.62. The van der Waals surface area contributed by atoms with Gasteiger partial charge in [0, 0.05) is 24.3 Å². The molecule has 0 aromatic heterocycles. The first-order valence-electron chi connectivity index (χ1n) is 16.6. The van der Waals surface area contributed by atoms with Crippen molar-refractivity contribution in [2.24, 2.45) is 11.3 Å². The SMILES string of the molecule is CC(C)CC(NC(=O)Cc1ccc(NC(=C[N+](=O)[O-])Nc2ccc(O)cc2)cc1)C(=O)NC(CCNCC(NC(=O)CC(C)(C)C)C(=O)O)C(=O)O. The van der Waals surface area contributed by atoms with Crippen LogP contribution >= 0.6 is 0 Å². The first kappa shape index (κ1) is 42.5. The highest BCUT2D eigenvalue weighted by Crippen LogP contribution is 2.19. The number of anilines is 2. The lowest BCUT2D eigenvalue weighted by Crippen LogP contribution is -2.53. The number of aromatic hydroxyl groups is 1. The molecule has 3 amide bonds. The molecular weight excluding hydrogens is 678 g/mol. The van der Waals surface area contributed by atoms with Crippen LogP contribution in [0, 0.1) is 21.4 Å². The van der Waals surface area contributed by atoms with Crippen LogP contribution in [-0.4, -0.2) is 81.1 Å². The van der Waals surface area contributed by atoms with Crippen molar-refractivity contribution < 1.29 is 44.2 Å². The molecular formula is C35H49N7O10. The van der Waals surface area contributed by atoms with E-state index in [0.29, 0.717) is 16.9 Å². The Morgan fingerprint density at radius 3 is 1.85 bits per heavy atom. The Hall–Kier alpha value is -5.71. The maximum atomic E-state index is 13.2. The van der Waals surface area contributed by atoms with E-state index in [-0.39, 0.29) is 61.7 Å². The second-order valence-electron chi connectivity index (χ2n) is 13.8. The lowest BCUT2D eigenvalue weighted by atomic mass is 9.92. The third-order valence-electron chi connectivity index (χ3n) is 7.23. The van der Waals surface area contributed by atoms with Crippen molar-refractivity contribution in [3.05, 3.63) is 76.2 Å². The molecule has 0 aliphatic carbocycles. The van der Waals surface area contributed by atoms with Gasteiger partial charge in [-0.3, -0.25) is 24.5 Å². The Labute approximate surface area is 301 Å². The minimum absolute atomic E-state index is 0.0123. The quantitative estimate of drug-likeness (QED) is 0.0388. The van der Waals surface area contributed by atoms with Crippen LogP contribution in [0.15, 0.2) is 60.6 Å². The number of hydrogen-bond donors (Lipinski definition) is 9. The van der Waals surface area contributed by atoms with Gasteiger partial charge in [0.1, 0.15) is 23.9 Å². The van der Waals surface area contributed by atoms with Gasteiger partial charge in [-0.1, -0.05) is 46.8 Å². The lowest BCUT2D eigenvalue weighted by molar-refractivity contribution is -0.403. The second kappa shape index (κ2) is 20.2. The summed E-state index contributed by atoms with van der Waals surface area (Å²) in [6.45, 7) is 9.06. The van der Waals surface area contributed by atoms with Gasteiger partial charge >= 0.3 is 11.9 Å². The number of carboxylic acids is 2. The van der Waals surface area contributed by atoms with Crippen LogP contribution < -0.4 is 31.9 Å². The van der Waals surface area contributed by atoms with Gasteiger partial charge in [-0.2, -0.15) is 0 Å². The van der Waals surface area contributed by atoms with Gasteiger partial charge < -0.3 is 47.2 Å².